The van der Waals surface area contributed by atoms with Gasteiger partial charge in [-0.15, -0.1) is 11.8 Å². The van der Waals surface area contributed by atoms with Gasteiger partial charge in [0, 0.05) is 11.1 Å². The van der Waals surface area contributed by atoms with Crippen LogP contribution >= 0.6 is 11.8 Å². The van der Waals surface area contributed by atoms with Crippen LogP contribution in [-0.4, -0.2) is 30.0 Å². The minimum absolute atomic E-state index is 0.0596. The third kappa shape index (κ3) is 3.47. The van der Waals surface area contributed by atoms with Gasteiger partial charge in [-0.05, 0) is 60.4 Å². The number of pyridine rings is 1. The van der Waals surface area contributed by atoms with Crippen LogP contribution in [0.3, 0.4) is 0 Å². The van der Waals surface area contributed by atoms with Crippen LogP contribution in [0, 0.1) is 5.82 Å². The van der Waals surface area contributed by atoms with E-state index in [2.05, 4.69) is 4.98 Å². The van der Waals surface area contributed by atoms with Crippen molar-refractivity contribution in [2.45, 2.75) is 16.3 Å². The predicted molar refractivity (Wildman–Crippen MR) is 109 cm³/mol. The van der Waals surface area contributed by atoms with Gasteiger partial charge >= 0.3 is 6.03 Å². The van der Waals surface area contributed by atoms with Gasteiger partial charge in [-0.3, -0.25) is 0 Å². The fourth-order valence-electron chi connectivity index (χ4n) is 3.05. The van der Waals surface area contributed by atoms with Crippen LogP contribution in [0.1, 0.15) is 5.56 Å². The average Bonchev–Trinajstić information content (AvgIpc) is 2.73. The van der Waals surface area contributed by atoms with Gasteiger partial charge in [-0.1, -0.05) is 12.1 Å². The quantitative estimate of drug-likeness (QED) is 0.575. The Bertz CT molecular complexity index is 1170. The summed E-state index contributed by atoms with van der Waals surface area (Å²) in [6.45, 7) is -0.213. The Balaban J connectivity index is 1.83. The highest BCUT2D eigenvalue weighted by Gasteiger charge is 2.43. The molecule has 2 heterocycles. The lowest BCUT2D eigenvalue weighted by atomic mass is 10.2. The van der Waals surface area contributed by atoms with Crippen molar-refractivity contribution >= 4 is 39.3 Å². The van der Waals surface area contributed by atoms with Crippen molar-refractivity contribution in [3.63, 3.8) is 0 Å². The Morgan fingerprint density at radius 1 is 1.03 bits per heavy atom. The number of benzene rings is 2. The van der Waals surface area contributed by atoms with Gasteiger partial charge in [0.05, 0.1) is 12.2 Å². The van der Waals surface area contributed by atoms with E-state index >= 15 is 0 Å². The van der Waals surface area contributed by atoms with Gasteiger partial charge in [0.1, 0.15) is 10.7 Å². The first kappa shape index (κ1) is 19.4. The molecule has 0 fully saturated rings. The number of aromatic nitrogens is 1. The Hall–Kier alpha value is -2.91. The molecule has 6 nitrogen and oxygen atoms in total. The highest BCUT2D eigenvalue weighted by Crippen LogP contribution is 2.38. The number of hydrogen-bond acceptors (Lipinski definition) is 5. The molecule has 0 bridgehead atoms. The average molecular weight is 429 g/mol. The molecule has 0 aliphatic carbocycles. The molecule has 1 aromatic heterocycles. The number of hydrogen-bond donors (Lipinski definition) is 0. The van der Waals surface area contributed by atoms with Gasteiger partial charge < -0.3 is 0 Å². The van der Waals surface area contributed by atoms with Crippen molar-refractivity contribution in [3.8, 4) is 0 Å². The van der Waals surface area contributed by atoms with Crippen molar-refractivity contribution in [2.24, 2.45) is 0 Å². The summed E-state index contributed by atoms with van der Waals surface area (Å²) in [6, 6.07) is 14.7. The second-order valence-electron chi connectivity index (χ2n) is 6.28. The Kier molecular flexibility index (Phi) is 5.01. The molecular formula is C20H16FN3O3S2. The highest BCUT2D eigenvalue weighted by atomic mass is 32.2. The molecule has 3 aromatic rings. The fourth-order valence-corrected chi connectivity index (χ4v) is 4.92. The Morgan fingerprint density at radius 2 is 1.72 bits per heavy atom. The lowest BCUT2D eigenvalue weighted by Crippen LogP contribution is -2.48. The van der Waals surface area contributed by atoms with Crippen LogP contribution in [0.15, 0.2) is 76.7 Å². The second-order valence-corrected chi connectivity index (χ2v) is 8.99. The van der Waals surface area contributed by atoms with Gasteiger partial charge in [-0.25, -0.2) is 31.8 Å². The van der Waals surface area contributed by atoms with E-state index in [9.17, 15) is 17.6 Å². The van der Waals surface area contributed by atoms with Crippen LogP contribution in [0.25, 0.3) is 0 Å². The Morgan fingerprint density at radius 3 is 2.38 bits per heavy atom. The minimum atomic E-state index is -4.11. The molecule has 0 saturated carbocycles. The van der Waals surface area contributed by atoms with Crippen molar-refractivity contribution in [1.29, 1.82) is 0 Å². The van der Waals surface area contributed by atoms with Crippen molar-refractivity contribution in [1.82, 2.24) is 9.29 Å². The number of sulfonamides is 1. The van der Waals surface area contributed by atoms with Crippen LogP contribution in [-0.2, 0) is 16.6 Å². The molecular weight excluding hydrogens is 413 g/mol. The SMILES string of the molecule is CSc1ccc(N2C(=O)N(Cc3ccc(F)cc3)S(=O)(=O)c3cccnc32)cc1. The highest BCUT2D eigenvalue weighted by molar-refractivity contribution is 7.98. The third-order valence-corrected chi connectivity index (χ3v) is 6.99. The maximum absolute atomic E-state index is 13.3. The first-order chi connectivity index (χ1) is 13.9. The summed E-state index contributed by atoms with van der Waals surface area (Å²) in [5.41, 5.74) is 1.00. The molecule has 0 saturated heterocycles. The largest absolute Gasteiger partial charge is 0.344 e. The van der Waals surface area contributed by atoms with E-state index < -0.39 is 21.9 Å². The molecule has 2 amide bonds. The third-order valence-electron chi connectivity index (χ3n) is 4.51. The fraction of sp³-hybridized carbons (Fsp3) is 0.100. The minimum Gasteiger partial charge on any atom is -0.246 e. The summed E-state index contributed by atoms with van der Waals surface area (Å²) in [7, 11) is -4.11. The molecule has 148 valence electrons. The lowest BCUT2D eigenvalue weighted by Gasteiger charge is -2.35. The standard InChI is InChI=1S/C20H16FN3O3S2/c1-28-17-10-8-16(9-11-17)24-19-18(3-2-12-22-19)29(26,27)23(20(24)25)13-14-4-6-15(21)7-5-14/h2-12H,13H2,1H3. The molecule has 29 heavy (non-hydrogen) atoms. The van der Waals surface area contributed by atoms with Crippen molar-refractivity contribution in [3.05, 3.63) is 78.2 Å². The summed E-state index contributed by atoms with van der Waals surface area (Å²) >= 11 is 1.56. The van der Waals surface area contributed by atoms with Crippen LogP contribution < -0.4 is 4.90 Å². The number of carbonyl (C=O) groups excluding carboxylic acids is 1. The van der Waals surface area contributed by atoms with Gasteiger partial charge in [0.2, 0.25) is 0 Å². The molecule has 0 radical (unpaired) electrons. The number of halogens is 1. The number of amides is 2. The topological polar surface area (TPSA) is 70.6 Å². The molecule has 1 aliphatic rings. The number of anilines is 2. The zero-order valence-electron chi connectivity index (χ0n) is 15.3. The summed E-state index contributed by atoms with van der Waals surface area (Å²) in [5.74, 6) is -0.378. The van der Waals surface area contributed by atoms with E-state index in [1.54, 1.807) is 23.9 Å². The zero-order chi connectivity index (χ0) is 20.6. The summed E-state index contributed by atoms with van der Waals surface area (Å²) in [4.78, 5) is 19.7. The number of nitrogens with zero attached hydrogens (tertiary/aromatic N) is 3. The summed E-state index contributed by atoms with van der Waals surface area (Å²) < 4.78 is 40.3. The van der Waals surface area contributed by atoms with E-state index in [-0.39, 0.29) is 17.3 Å². The Labute approximate surface area is 172 Å². The molecule has 1 aliphatic heterocycles. The number of urea groups is 1. The van der Waals surface area contributed by atoms with Crippen LogP contribution in [0.2, 0.25) is 0 Å². The lowest BCUT2D eigenvalue weighted by molar-refractivity contribution is 0.229. The van der Waals surface area contributed by atoms with E-state index in [1.165, 1.54) is 47.5 Å². The number of thioether (sulfide) groups is 1. The zero-order valence-corrected chi connectivity index (χ0v) is 17.0. The number of carbonyl (C=O) groups is 1. The second kappa shape index (κ2) is 7.49. The molecule has 2 aromatic carbocycles. The molecule has 0 atom stereocenters. The van der Waals surface area contributed by atoms with Gasteiger partial charge in [-0.2, -0.15) is 0 Å². The smallest absolute Gasteiger partial charge is 0.246 e. The van der Waals surface area contributed by atoms with E-state index in [4.69, 9.17) is 0 Å². The molecule has 4 rings (SSSR count). The normalized spacial score (nSPS) is 15.3. The molecule has 9 heteroatoms. The monoisotopic (exact) mass is 429 g/mol. The van der Waals surface area contributed by atoms with Gasteiger partial charge in [0.15, 0.2) is 5.82 Å². The molecule has 0 unspecified atom stereocenters. The number of rotatable bonds is 4. The van der Waals surface area contributed by atoms with E-state index in [1.807, 2.05) is 18.4 Å². The van der Waals surface area contributed by atoms with Crippen LogP contribution in [0.4, 0.5) is 20.7 Å². The van der Waals surface area contributed by atoms with E-state index in [0.29, 0.717) is 11.3 Å². The first-order valence-electron chi connectivity index (χ1n) is 8.62. The maximum Gasteiger partial charge on any atom is 0.344 e. The summed E-state index contributed by atoms with van der Waals surface area (Å²) in [5, 5.41) is 0. The maximum atomic E-state index is 13.3. The molecule has 0 spiro atoms. The van der Waals surface area contributed by atoms with Gasteiger partial charge in [0.25, 0.3) is 10.0 Å². The van der Waals surface area contributed by atoms with E-state index in [0.717, 1.165) is 9.20 Å². The summed E-state index contributed by atoms with van der Waals surface area (Å²) in [6.07, 6.45) is 3.38. The van der Waals surface area contributed by atoms with Crippen molar-refractivity contribution < 1.29 is 17.6 Å². The first-order valence-corrected chi connectivity index (χ1v) is 11.3. The molecule has 0 N–H and O–H groups in total. The van der Waals surface area contributed by atoms with Crippen molar-refractivity contribution in [2.75, 3.05) is 11.2 Å². The number of fused-ring (bicyclic) bond motifs is 1. The predicted octanol–water partition coefficient (Wildman–Crippen LogP) is 4.41. The van der Waals surface area contributed by atoms with Crippen LogP contribution in [0.5, 0.6) is 0 Å².